The second kappa shape index (κ2) is 10.9. The maximum Gasteiger partial charge on any atom is 0.255 e. The molecular formula is C27H35N5O4. The fourth-order valence-electron chi connectivity index (χ4n) is 4.72. The van der Waals surface area contributed by atoms with Crippen LogP contribution in [-0.4, -0.2) is 77.9 Å². The standard InChI is InChI=1S/C27H35N5O4/c1-6-22-26(29(7-2)17-20-8-10-23(35-4)24(16-20)36-5)32-18-21(9-11-25(32)28-22)27(34)31-14-12-30(13-15-31)19(3)33/h8-11,16,18H,6-7,12-15,17H2,1-5H3. The monoisotopic (exact) mass is 493 g/mol. The van der Waals surface area contributed by atoms with Crippen molar-refractivity contribution >= 4 is 23.3 Å². The van der Waals surface area contributed by atoms with Gasteiger partial charge in [-0.2, -0.15) is 0 Å². The number of fused-ring (bicyclic) bond motifs is 1. The number of nitrogens with zero attached hydrogens (tertiary/aromatic N) is 5. The number of aromatic nitrogens is 2. The quantitative estimate of drug-likeness (QED) is 0.479. The van der Waals surface area contributed by atoms with Crippen LogP contribution in [0, 0.1) is 0 Å². The number of pyridine rings is 1. The lowest BCUT2D eigenvalue weighted by molar-refractivity contribution is -0.130. The highest BCUT2D eigenvalue weighted by Crippen LogP contribution is 2.30. The normalized spacial score (nSPS) is 13.7. The third kappa shape index (κ3) is 4.96. The van der Waals surface area contributed by atoms with Crippen molar-refractivity contribution in [2.75, 3.05) is 51.8 Å². The van der Waals surface area contributed by atoms with Gasteiger partial charge in [-0.3, -0.25) is 14.0 Å². The summed E-state index contributed by atoms with van der Waals surface area (Å²) in [5, 5.41) is 0. The summed E-state index contributed by atoms with van der Waals surface area (Å²) in [7, 11) is 3.27. The molecule has 1 aliphatic heterocycles. The number of rotatable bonds is 8. The lowest BCUT2D eigenvalue weighted by Crippen LogP contribution is -2.50. The number of imidazole rings is 1. The number of methoxy groups -OCH3 is 2. The lowest BCUT2D eigenvalue weighted by Gasteiger charge is -2.34. The fourth-order valence-corrected chi connectivity index (χ4v) is 4.72. The van der Waals surface area contributed by atoms with Crippen LogP contribution in [-0.2, 0) is 17.8 Å². The number of benzene rings is 1. The van der Waals surface area contributed by atoms with Gasteiger partial charge in [-0.25, -0.2) is 4.98 Å². The van der Waals surface area contributed by atoms with E-state index in [2.05, 4.69) is 18.7 Å². The Balaban J connectivity index is 1.64. The van der Waals surface area contributed by atoms with Crippen molar-refractivity contribution in [1.82, 2.24) is 19.2 Å². The van der Waals surface area contributed by atoms with Crippen molar-refractivity contribution in [3.05, 3.63) is 53.3 Å². The molecule has 0 N–H and O–H groups in total. The summed E-state index contributed by atoms with van der Waals surface area (Å²) in [5.74, 6) is 2.40. The Kier molecular flexibility index (Phi) is 7.67. The van der Waals surface area contributed by atoms with Gasteiger partial charge >= 0.3 is 0 Å². The molecule has 36 heavy (non-hydrogen) atoms. The Hall–Kier alpha value is -3.75. The Morgan fingerprint density at radius 2 is 1.67 bits per heavy atom. The average molecular weight is 494 g/mol. The number of piperazine rings is 1. The van der Waals surface area contributed by atoms with Gasteiger partial charge in [-0.1, -0.05) is 13.0 Å². The van der Waals surface area contributed by atoms with Crippen molar-refractivity contribution in [2.24, 2.45) is 0 Å². The van der Waals surface area contributed by atoms with Crippen LogP contribution in [0.3, 0.4) is 0 Å². The average Bonchev–Trinajstić information content (AvgIpc) is 3.28. The second-order valence-corrected chi connectivity index (χ2v) is 8.88. The predicted octanol–water partition coefficient (Wildman–Crippen LogP) is 3.24. The number of aryl methyl sites for hydroxylation is 1. The topological polar surface area (TPSA) is 79.6 Å². The lowest BCUT2D eigenvalue weighted by atomic mass is 10.1. The highest BCUT2D eigenvalue weighted by atomic mass is 16.5. The van der Waals surface area contributed by atoms with E-state index in [1.807, 2.05) is 45.8 Å². The zero-order valence-electron chi connectivity index (χ0n) is 21.8. The van der Waals surface area contributed by atoms with Gasteiger partial charge in [0, 0.05) is 52.4 Å². The first-order chi connectivity index (χ1) is 17.4. The van der Waals surface area contributed by atoms with Crippen LogP contribution in [0.2, 0.25) is 0 Å². The number of carbonyl (C=O) groups is 2. The van der Waals surface area contributed by atoms with Crippen LogP contribution < -0.4 is 14.4 Å². The molecule has 0 bridgehead atoms. The van der Waals surface area contributed by atoms with Gasteiger partial charge in [0.1, 0.15) is 11.5 Å². The minimum atomic E-state index is -0.0271. The van der Waals surface area contributed by atoms with E-state index in [-0.39, 0.29) is 11.8 Å². The molecule has 9 heteroatoms. The number of carbonyl (C=O) groups excluding carboxylic acids is 2. The summed E-state index contributed by atoms with van der Waals surface area (Å²) < 4.78 is 12.9. The maximum absolute atomic E-state index is 13.3. The van der Waals surface area contributed by atoms with Crippen LogP contribution in [0.25, 0.3) is 5.65 Å². The molecule has 1 aliphatic rings. The van der Waals surface area contributed by atoms with Crippen LogP contribution in [0.4, 0.5) is 5.82 Å². The van der Waals surface area contributed by atoms with E-state index < -0.39 is 0 Å². The smallest absolute Gasteiger partial charge is 0.255 e. The Morgan fingerprint density at radius 3 is 2.28 bits per heavy atom. The van der Waals surface area contributed by atoms with E-state index in [0.29, 0.717) is 49.8 Å². The zero-order valence-corrected chi connectivity index (χ0v) is 21.8. The van der Waals surface area contributed by atoms with Crippen molar-refractivity contribution in [3.8, 4) is 11.5 Å². The van der Waals surface area contributed by atoms with Gasteiger partial charge in [0.05, 0.1) is 25.5 Å². The summed E-state index contributed by atoms with van der Waals surface area (Å²) in [6.07, 6.45) is 2.67. The van der Waals surface area contributed by atoms with Gasteiger partial charge < -0.3 is 24.2 Å². The first kappa shape index (κ1) is 25.3. The van der Waals surface area contributed by atoms with Crippen LogP contribution in [0.15, 0.2) is 36.5 Å². The molecule has 1 saturated heterocycles. The van der Waals surface area contributed by atoms with Crippen LogP contribution >= 0.6 is 0 Å². The van der Waals surface area contributed by atoms with Crippen molar-refractivity contribution < 1.29 is 19.1 Å². The van der Waals surface area contributed by atoms with Crippen molar-refractivity contribution in [1.29, 1.82) is 0 Å². The minimum Gasteiger partial charge on any atom is -0.493 e. The highest BCUT2D eigenvalue weighted by molar-refractivity contribution is 5.94. The van der Waals surface area contributed by atoms with Gasteiger partial charge in [0.15, 0.2) is 11.5 Å². The third-order valence-corrected chi connectivity index (χ3v) is 6.76. The zero-order chi connectivity index (χ0) is 25.8. The molecule has 0 aliphatic carbocycles. The molecule has 0 saturated carbocycles. The molecule has 0 radical (unpaired) electrons. The molecule has 0 unspecified atom stereocenters. The number of anilines is 1. The number of ether oxygens (including phenoxy) is 2. The SMILES string of the molecule is CCc1nc2ccc(C(=O)N3CCN(C(C)=O)CC3)cn2c1N(CC)Cc1ccc(OC)c(OC)c1. The first-order valence-corrected chi connectivity index (χ1v) is 12.4. The van der Waals surface area contributed by atoms with Gasteiger partial charge in [-0.05, 0) is 43.2 Å². The predicted molar refractivity (Wildman–Crippen MR) is 139 cm³/mol. The van der Waals surface area contributed by atoms with Gasteiger partial charge in [0.25, 0.3) is 5.91 Å². The van der Waals surface area contributed by atoms with Crippen LogP contribution in [0.1, 0.15) is 42.4 Å². The molecule has 0 spiro atoms. The fraction of sp³-hybridized carbons (Fsp3) is 0.444. The number of hydrogen-bond acceptors (Lipinski definition) is 6. The molecule has 1 fully saturated rings. The molecule has 3 aromatic rings. The van der Waals surface area contributed by atoms with E-state index in [1.54, 1.807) is 26.0 Å². The Morgan fingerprint density at radius 1 is 0.972 bits per heavy atom. The first-order valence-electron chi connectivity index (χ1n) is 12.4. The van der Waals surface area contributed by atoms with E-state index in [1.165, 1.54) is 0 Å². The molecule has 192 valence electrons. The van der Waals surface area contributed by atoms with E-state index in [4.69, 9.17) is 14.5 Å². The van der Waals surface area contributed by atoms with Gasteiger partial charge in [0.2, 0.25) is 5.91 Å². The third-order valence-electron chi connectivity index (χ3n) is 6.76. The maximum atomic E-state index is 13.3. The number of hydrogen-bond donors (Lipinski definition) is 0. The molecule has 4 rings (SSSR count). The summed E-state index contributed by atoms with van der Waals surface area (Å²) in [6, 6.07) is 9.70. The van der Waals surface area contributed by atoms with Crippen molar-refractivity contribution in [3.63, 3.8) is 0 Å². The Bertz CT molecular complexity index is 1250. The van der Waals surface area contributed by atoms with Gasteiger partial charge in [-0.15, -0.1) is 0 Å². The van der Waals surface area contributed by atoms with Crippen LogP contribution in [0.5, 0.6) is 11.5 Å². The molecule has 0 atom stereocenters. The molecule has 3 heterocycles. The Labute approximate surface area is 212 Å². The molecule has 2 aromatic heterocycles. The number of amides is 2. The molecule has 2 amide bonds. The summed E-state index contributed by atoms with van der Waals surface area (Å²) in [6.45, 7) is 9.39. The molecule has 1 aromatic carbocycles. The molecular weight excluding hydrogens is 458 g/mol. The largest absolute Gasteiger partial charge is 0.493 e. The summed E-state index contributed by atoms with van der Waals surface area (Å²) in [5.41, 5.74) is 3.49. The summed E-state index contributed by atoms with van der Waals surface area (Å²) in [4.78, 5) is 35.7. The van der Waals surface area contributed by atoms with E-state index in [0.717, 1.165) is 35.7 Å². The summed E-state index contributed by atoms with van der Waals surface area (Å²) >= 11 is 0. The van der Waals surface area contributed by atoms with E-state index >= 15 is 0 Å². The van der Waals surface area contributed by atoms with E-state index in [9.17, 15) is 9.59 Å². The minimum absolute atomic E-state index is 0.0271. The molecule has 9 nitrogen and oxygen atoms in total. The van der Waals surface area contributed by atoms with Crippen molar-refractivity contribution in [2.45, 2.75) is 33.7 Å². The highest BCUT2D eigenvalue weighted by Gasteiger charge is 2.25. The second-order valence-electron chi connectivity index (χ2n) is 8.88.